The van der Waals surface area contributed by atoms with Crippen molar-refractivity contribution in [3.63, 3.8) is 0 Å². The van der Waals surface area contributed by atoms with Gasteiger partial charge in [-0.3, -0.25) is 20.3 Å². The molecule has 8 N–H and O–H groups in total. The standard InChI is InChI=1S/C20H21N5O2/c21-12-10-17(25-16-4-2-1-3-5-16)19(22)18(26)11-13-24-15-8-6-14(7-9-15)20(23)27/h1-11,13,22,24-25H,12,21H2,(H2,23,27)/p+1. The third kappa shape index (κ3) is 6.03. The summed E-state index contributed by atoms with van der Waals surface area (Å²) in [6, 6.07) is 15.9. The maximum absolute atomic E-state index is 12.3. The highest BCUT2D eigenvalue weighted by atomic mass is 16.1. The van der Waals surface area contributed by atoms with Crippen LogP contribution < -0.4 is 22.1 Å². The van der Waals surface area contributed by atoms with Crippen LogP contribution in [-0.2, 0) is 4.79 Å². The Balaban J connectivity index is 1.99. The molecule has 0 aromatic heterocycles. The van der Waals surface area contributed by atoms with Gasteiger partial charge in [0.2, 0.25) is 11.7 Å². The van der Waals surface area contributed by atoms with E-state index in [1.807, 2.05) is 30.3 Å². The van der Waals surface area contributed by atoms with Crippen molar-refractivity contribution in [2.75, 3.05) is 11.9 Å². The lowest BCUT2D eigenvalue weighted by Gasteiger charge is -2.10. The zero-order valence-electron chi connectivity index (χ0n) is 14.7. The number of carbonyl (C=O) groups excluding carboxylic acids is 2. The molecule has 0 saturated carbocycles. The summed E-state index contributed by atoms with van der Waals surface area (Å²) in [6.07, 6.45) is 4.45. The number of allylic oxidation sites excluding steroid dienone is 2. The summed E-state index contributed by atoms with van der Waals surface area (Å²) in [6.45, 7) is 0.201. The molecule has 0 heterocycles. The van der Waals surface area contributed by atoms with Crippen LogP contribution >= 0.6 is 0 Å². The lowest BCUT2D eigenvalue weighted by molar-refractivity contribution is -0.496. The average Bonchev–Trinajstić information content (AvgIpc) is 2.68. The third-order valence-electron chi connectivity index (χ3n) is 3.62. The minimum Gasteiger partial charge on any atom is -0.366 e. The van der Waals surface area contributed by atoms with Crippen LogP contribution in [0.1, 0.15) is 10.4 Å². The predicted octanol–water partition coefficient (Wildman–Crippen LogP) is 1.04. The van der Waals surface area contributed by atoms with Gasteiger partial charge in [-0.2, -0.15) is 0 Å². The first-order valence-corrected chi connectivity index (χ1v) is 8.28. The van der Waals surface area contributed by atoms with E-state index in [-0.39, 0.29) is 12.3 Å². The number of ketones is 1. The highest BCUT2D eigenvalue weighted by Gasteiger charge is 2.12. The first kappa shape index (κ1) is 19.8. The summed E-state index contributed by atoms with van der Waals surface area (Å²) in [4.78, 5) is 23.3. The molecule has 2 rings (SSSR count). The molecule has 7 nitrogen and oxygen atoms in total. The largest absolute Gasteiger partial charge is 0.366 e. The van der Waals surface area contributed by atoms with Crippen LogP contribution in [0, 0.1) is 5.41 Å². The fraction of sp³-hybridized carbons (Fsp3) is 0.0500. The molecule has 1 amide bonds. The smallest absolute Gasteiger partial charge is 0.248 e. The van der Waals surface area contributed by atoms with E-state index in [9.17, 15) is 9.59 Å². The lowest BCUT2D eigenvalue weighted by Crippen LogP contribution is -2.71. The number of nitrogens with one attached hydrogen (secondary N) is 2. The minimum atomic E-state index is -0.495. The third-order valence-corrected chi connectivity index (χ3v) is 3.62. The second kappa shape index (κ2) is 9.81. The van der Waals surface area contributed by atoms with Gasteiger partial charge < -0.3 is 16.8 Å². The SMILES string of the molecule is N=C(C(=O)C=C[NH2+]c1ccc(C(N)=O)cc1)C(=CCN)Nc1ccccc1. The van der Waals surface area contributed by atoms with Crippen molar-refractivity contribution in [3.8, 4) is 0 Å². The Bertz CT molecular complexity index is 871. The zero-order chi connectivity index (χ0) is 19.6. The average molecular weight is 364 g/mol. The first-order valence-electron chi connectivity index (χ1n) is 8.28. The molecule has 7 heteroatoms. The van der Waals surface area contributed by atoms with E-state index in [1.54, 1.807) is 41.9 Å². The summed E-state index contributed by atoms with van der Waals surface area (Å²) < 4.78 is 0. The molecule has 0 aliphatic heterocycles. The number of primary amides is 1. The van der Waals surface area contributed by atoms with Crippen LogP contribution in [-0.4, -0.2) is 23.9 Å². The molecule has 27 heavy (non-hydrogen) atoms. The van der Waals surface area contributed by atoms with E-state index < -0.39 is 11.7 Å². The van der Waals surface area contributed by atoms with Crippen LogP contribution in [0.5, 0.6) is 0 Å². The second-order valence-electron chi connectivity index (χ2n) is 5.60. The monoisotopic (exact) mass is 364 g/mol. The first-order chi connectivity index (χ1) is 13.0. The molecule has 0 radical (unpaired) electrons. The topological polar surface area (TPSA) is 139 Å². The Morgan fingerprint density at radius 2 is 1.74 bits per heavy atom. The molecular weight excluding hydrogens is 342 g/mol. The summed E-state index contributed by atoms with van der Waals surface area (Å²) in [5, 5.41) is 12.8. The van der Waals surface area contributed by atoms with E-state index >= 15 is 0 Å². The van der Waals surface area contributed by atoms with Gasteiger partial charge in [0.25, 0.3) is 0 Å². The van der Waals surface area contributed by atoms with E-state index in [2.05, 4.69) is 5.32 Å². The Kier molecular flexibility index (Phi) is 7.18. The summed E-state index contributed by atoms with van der Waals surface area (Å²) in [5.41, 5.74) is 12.9. The normalized spacial score (nSPS) is 11.4. The van der Waals surface area contributed by atoms with Gasteiger partial charge in [-0.25, -0.2) is 0 Å². The van der Waals surface area contributed by atoms with Crippen molar-refractivity contribution in [2.24, 2.45) is 11.5 Å². The summed E-state index contributed by atoms with van der Waals surface area (Å²) in [7, 11) is 0. The molecule has 0 aliphatic carbocycles. The highest BCUT2D eigenvalue weighted by Crippen LogP contribution is 2.10. The molecular formula is C20H22N5O2+. The Morgan fingerprint density at radius 3 is 2.33 bits per heavy atom. The highest BCUT2D eigenvalue weighted by molar-refractivity contribution is 6.49. The molecule has 0 bridgehead atoms. The molecule has 138 valence electrons. The van der Waals surface area contributed by atoms with Crippen molar-refractivity contribution in [1.29, 1.82) is 5.41 Å². The van der Waals surface area contributed by atoms with Gasteiger partial charge in [0.05, 0.1) is 5.70 Å². The lowest BCUT2D eigenvalue weighted by atomic mass is 10.1. The number of benzene rings is 2. The minimum absolute atomic E-state index is 0.182. The van der Waals surface area contributed by atoms with Crippen LogP contribution in [0.4, 0.5) is 11.4 Å². The number of nitrogens with two attached hydrogens (primary N) is 3. The van der Waals surface area contributed by atoms with Crippen LogP contribution in [0.2, 0.25) is 0 Å². The molecule has 0 saturated heterocycles. The Hall–Kier alpha value is -3.55. The van der Waals surface area contributed by atoms with Crippen LogP contribution in [0.3, 0.4) is 0 Å². The summed E-state index contributed by atoms with van der Waals surface area (Å²) in [5.74, 6) is -0.950. The number of para-hydroxylation sites is 1. The van der Waals surface area contributed by atoms with E-state index in [0.717, 1.165) is 11.4 Å². The number of rotatable bonds is 9. The second-order valence-corrected chi connectivity index (χ2v) is 5.60. The van der Waals surface area contributed by atoms with Gasteiger partial charge in [-0.05, 0) is 30.3 Å². The number of quaternary nitrogens is 1. The van der Waals surface area contributed by atoms with Gasteiger partial charge in [0.15, 0.2) is 0 Å². The quantitative estimate of drug-likeness (QED) is 0.258. The van der Waals surface area contributed by atoms with Crippen LogP contribution in [0.25, 0.3) is 0 Å². The van der Waals surface area contributed by atoms with Gasteiger partial charge in [-0.1, -0.05) is 18.2 Å². The fourth-order valence-electron chi connectivity index (χ4n) is 2.23. The van der Waals surface area contributed by atoms with Crippen molar-refractivity contribution < 1.29 is 14.9 Å². The molecule has 0 unspecified atom stereocenters. The number of hydrogen-bond donors (Lipinski definition) is 5. The van der Waals surface area contributed by atoms with E-state index in [1.165, 1.54) is 6.08 Å². The molecule has 2 aromatic rings. The molecule has 2 aromatic carbocycles. The number of anilines is 1. The van der Waals surface area contributed by atoms with Crippen LogP contribution in [0.15, 0.2) is 78.6 Å². The van der Waals surface area contributed by atoms with Gasteiger partial charge in [0, 0.05) is 36.0 Å². The fourth-order valence-corrected chi connectivity index (χ4v) is 2.23. The van der Waals surface area contributed by atoms with Crippen molar-refractivity contribution in [2.45, 2.75) is 0 Å². The molecule has 0 atom stereocenters. The predicted molar refractivity (Wildman–Crippen MR) is 106 cm³/mol. The maximum Gasteiger partial charge on any atom is 0.248 e. The number of hydrogen-bond acceptors (Lipinski definition) is 5. The molecule has 0 spiro atoms. The van der Waals surface area contributed by atoms with Crippen molar-refractivity contribution in [1.82, 2.24) is 0 Å². The van der Waals surface area contributed by atoms with Crippen molar-refractivity contribution >= 4 is 28.8 Å². The van der Waals surface area contributed by atoms with Gasteiger partial charge in [-0.15, -0.1) is 0 Å². The Morgan fingerprint density at radius 1 is 1.07 bits per heavy atom. The van der Waals surface area contributed by atoms with E-state index in [0.29, 0.717) is 11.3 Å². The maximum atomic E-state index is 12.3. The Labute approximate surface area is 157 Å². The van der Waals surface area contributed by atoms with Gasteiger partial charge >= 0.3 is 0 Å². The van der Waals surface area contributed by atoms with Gasteiger partial charge in [0.1, 0.15) is 17.6 Å². The number of carbonyl (C=O) groups is 2. The van der Waals surface area contributed by atoms with Crippen molar-refractivity contribution in [3.05, 3.63) is 84.2 Å². The summed E-state index contributed by atoms with van der Waals surface area (Å²) >= 11 is 0. The molecule has 0 aliphatic rings. The zero-order valence-corrected chi connectivity index (χ0v) is 14.7. The number of amides is 1. The van der Waals surface area contributed by atoms with E-state index in [4.69, 9.17) is 16.9 Å². The molecule has 0 fully saturated rings.